The highest BCUT2D eigenvalue weighted by molar-refractivity contribution is 5.21. The molecule has 3 heteroatoms. The normalized spacial score (nSPS) is 21.5. The molecule has 1 atom stereocenters. The van der Waals surface area contributed by atoms with E-state index in [2.05, 4.69) is 36.1 Å². The summed E-state index contributed by atoms with van der Waals surface area (Å²) in [5.41, 5.74) is 2.68. The van der Waals surface area contributed by atoms with Gasteiger partial charge in [-0.25, -0.2) is 5.90 Å². The molecule has 0 radical (unpaired) electrons. The van der Waals surface area contributed by atoms with Gasteiger partial charge in [-0.15, -0.1) is 0 Å². The van der Waals surface area contributed by atoms with E-state index in [4.69, 9.17) is 10.7 Å². The lowest BCUT2D eigenvalue weighted by Gasteiger charge is -2.23. The summed E-state index contributed by atoms with van der Waals surface area (Å²) >= 11 is 0. The Labute approximate surface area is 97.1 Å². The Bertz CT molecular complexity index is 323. The van der Waals surface area contributed by atoms with Crippen molar-refractivity contribution in [2.75, 3.05) is 13.2 Å². The molecule has 1 unspecified atom stereocenters. The van der Waals surface area contributed by atoms with Crippen molar-refractivity contribution in [1.29, 1.82) is 0 Å². The lowest BCUT2D eigenvalue weighted by Crippen LogP contribution is -2.33. The Morgan fingerprint density at radius 1 is 1.38 bits per heavy atom. The summed E-state index contributed by atoms with van der Waals surface area (Å²) in [6.45, 7) is 4.92. The van der Waals surface area contributed by atoms with Gasteiger partial charge in [-0.1, -0.05) is 29.8 Å². The average molecular weight is 220 g/mol. The van der Waals surface area contributed by atoms with Gasteiger partial charge in [0.25, 0.3) is 0 Å². The first-order valence-corrected chi connectivity index (χ1v) is 5.91. The van der Waals surface area contributed by atoms with Crippen LogP contribution in [0.5, 0.6) is 0 Å². The zero-order chi connectivity index (χ0) is 11.4. The van der Waals surface area contributed by atoms with Crippen molar-refractivity contribution in [3.63, 3.8) is 0 Å². The van der Waals surface area contributed by atoms with Crippen LogP contribution < -0.4 is 5.90 Å². The summed E-state index contributed by atoms with van der Waals surface area (Å²) in [5.74, 6) is 5.16. The van der Waals surface area contributed by atoms with Crippen LogP contribution in [-0.2, 0) is 11.4 Å². The molecule has 0 amide bonds. The van der Waals surface area contributed by atoms with E-state index in [0.29, 0.717) is 12.6 Å². The predicted octanol–water partition coefficient (Wildman–Crippen LogP) is 1.85. The lowest BCUT2D eigenvalue weighted by atomic mass is 10.1. The maximum absolute atomic E-state index is 5.16. The average Bonchev–Trinajstić information content (AvgIpc) is 2.70. The molecule has 1 saturated heterocycles. The van der Waals surface area contributed by atoms with E-state index in [1.165, 1.54) is 24.0 Å². The zero-order valence-corrected chi connectivity index (χ0v) is 9.86. The van der Waals surface area contributed by atoms with E-state index < -0.39 is 0 Å². The van der Waals surface area contributed by atoms with Gasteiger partial charge < -0.3 is 4.84 Å². The van der Waals surface area contributed by atoms with Gasteiger partial charge in [0.1, 0.15) is 0 Å². The van der Waals surface area contributed by atoms with Gasteiger partial charge in [-0.05, 0) is 31.9 Å². The Kier molecular flexibility index (Phi) is 3.93. The lowest BCUT2D eigenvalue weighted by molar-refractivity contribution is 0.0751. The molecule has 88 valence electrons. The second-order valence-corrected chi connectivity index (χ2v) is 4.59. The number of hydrogen-bond donors (Lipinski definition) is 1. The van der Waals surface area contributed by atoms with Crippen LogP contribution in [-0.4, -0.2) is 24.1 Å². The van der Waals surface area contributed by atoms with Crippen LogP contribution >= 0.6 is 0 Å². The van der Waals surface area contributed by atoms with E-state index in [1.807, 2.05) is 0 Å². The number of nitrogens with two attached hydrogens (primary N) is 1. The SMILES string of the molecule is Cc1ccc(CN2CCCC2CON)cc1. The standard InChI is InChI=1S/C13H20N2O/c1-11-4-6-12(7-5-11)9-15-8-2-3-13(15)10-16-14/h4-7,13H,2-3,8-10,14H2,1H3. The minimum Gasteiger partial charge on any atom is -0.303 e. The summed E-state index contributed by atoms with van der Waals surface area (Å²) in [4.78, 5) is 7.23. The van der Waals surface area contributed by atoms with Crippen molar-refractivity contribution in [3.8, 4) is 0 Å². The zero-order valence-electron chi connectivity index (χ0n) is 9.86. The topological polar surface area (TPSA) is 38.5 Å². The molecular weight excluding hydrogens is 200 g/mol. The van der Waals surface area contributed by atoms with E-state index in [0.717, 1.165) is 13.1 Å². The van der Waals surface area contributed by atoms with Crippen LogP contribution in [0.15, 0.2) is 24.3 Å². The first-order valence-electron chi connectivity index (χ1n) is 5.91. The highest BCUT2D eigenvalue weighted by Gasteiger charge is 2.24. The number of rotatable bonds is 4. The molecule has 0 bridgehead atoms. The maximum Gasteiger partial charge on any atom is 0.0834 e. The van der Waals surface area contributed by atoms with E-state index in [1.54, 1.807) is 0 Å². The van der Waals surface area contributed by atoms with Crippen LogP contribution in [0.1, 0.15) is 24.0 Å². The van der Waals surface area contributed by atoms with Gasteiger partial charge in [-0.3, -0.25) is 4.90 Å². The second-order valence-electron chi connectivity index (χ2n) is 4.59. The molecule has 3 nitrogen and oxygen atoms in total. The molecule has 1 heterocycles. The molecule has 0 saturated carbocycles. The molecular formula is C13H20N2O. The molecule has 2 rings (SSSR count). The minimum atomic E-state index is 0.492. The fraction of sp³-hybridized carbons (Fsp3) is 0.538. The number of aryl methyl sites for hydroxylation is 1. The van der Waals surface area contributed by atoms with Crippen molar-refractivity contribution in [2.24, 2.45) is 5.90 Å². The minimum absolute atomic E-state index is 0.492. The van der Waals surface area contributed by atoms with Gasteiger partial charge in [0, 0.05) is 12.6 Å². The summed E-state index contributed by atoms with van der Waals surface area (Å²) in [5, 5.41) is 0. The second kappa shape index (κ2) is 5.43. The third kappa shape index (κ3) is 2.82. The molecule has 0 aliphatic carbocycles. The van der Waals surface area contributed by atoms with Gasteiger partial charge >= 0.3 is 0 Å². The molecule has 0 aromatic heterocycles. The first kappa shape index (κ1) is 11.6. The molecule has 16 heavy (non-hydrogen) atoms. The Hall–Kier alpha value is -0.900. The van der Waals surface area contributed by atoms with Crippen LogP contribution in [0.2, 0.25) is 0 Å². The fourth-order valence-corrected chi connectivity index (χ4v) is 2.33. The van der Waals surface area contributed by atoms with Crippen LogP contribution in [0, 0.1) is 6.92 Å². The highest BCUT2D eigenvalue weighted by Crippen LogP contribution is 2.20. The summed E-state index contributed by atoms with van der Waals surface area (Å²) in [6, 6.07) is 9.23. The highest BCUT2D eigenvalue weighted by atomic mass is 16.6. The van der Waals surface area contributed by atoms with Gasteiger partial charge in [-0.2, -0.15) is 0 Å². The van der Waals surface area contributed by atoms with Gasteiger partial charge in [0.2, 0.25) is 0 Å². The molecule has 1 aromatic carbocycles. The number of benzene rings is 1. The Morgan fingerprint density at radius 2 is 2.12 bits per heavy atom. The monoisotopic (exact) mass is 220 g/mol. The number of hydrogen-bond acceptors (Lipinski definition) is 3. The summed E-state index contributed by atoms with van der Waals surface area (Å²) < 4.78 is 0. The smallest absolute Gasteiger partial charge is 0.0834 e. The third-order valence-corrected chi connectivity index (χ3v) is 3.29. The van der Waals surface area contributed by atoms with E-state index in [-0.39, 0.29) is 0 Å². The largest absolute Gasteiger partial charge is 0.303 e. The fourth-order valence-electron chi connectivity index (χ4n) is 2.33. The third-order valence-electron chi connectivity index (χ3n) is 3.29. The molecule has 1 aromatic rings. The van der Waals surface area contributed by atoms with Crippen molar-refractivity contribution in [3.05, 3.63) is 35.4 Å². The van der Waals surface area contributed by atoms with E-state index >= 15 is 0 Å². The molecule has 2 N–H and O–H groups in total. The van der Waals surface area contributed by atoms with Crippen LogP contribution in [0.4, 0.5) is 0 Å². The predicted molar refractivity (Wildman–Crippen MR) is 64.8 cm³/mol. The first-order chi connectivity index (χ1) is 7.79. The number of nitrogens with zero attached hydrogens (tertiary/aromatic N) is 1. The van der Waals surface area contributed by atoms with Gasteiger partial charge in [0.15, 0.2) is 0 Å². The van der Waals surface area contributed by atoms with Crippen molar-refractivity contribution >= 4 is 0 Å². The molecule has 1 aliphatic rings. The van der Waals surface area contributed by atoms with Crippen LogP contribution in [0.25, 0.3) is 0 Å². The van der Waals surface area contributed by atoms with Crippen molar-refractivity contribution in [2.45, 2.75) is 32.4 Å². The quantitative estimate of drug-likeness (QED) is 0.787. The number of likely N-dealkylation sites (tertiary alicyclic amines) is 1. The Morgan fingerprint density at radius 3 is 2.81 bits per heavy atom. The maximum atomic E-state index is 5.16. The van der Waals surface area contributed by atoms with Crippen molar-refractivity contribution < 1.29 is 4.84 Å². The summed E-state index contributed by atoms with van der Waals surface area (Å²) in [7, 11) is 0. The van der Waals surface area contributed by atoms with Crippen molar-refractivity contribution in [1.82, 2.24) is 4.90 Å². The summed E-state index contributed by atoms with van der Waals surface area (Å²) in [6.07, 6.45) is 2.45. The van der Waals surface area contributed by atoms with Gasteiger partial charge in [0.05, 0.1) is 6.61 Å². The van der Waals surface area contributed by atoms with E-state index in [9.17, 15) is 0 Å². The molecule has 0 spiro atoms. The molecule has 1 aliphatic heterocycles. The van der Waals surface area contributed by atoms with Crippen LogP contribution in [0.3, 0.4) is 0 Å². The Balaban J connectivity index is 1.95. The molecule has 1 fully saturated rings.